The summed E-state index contributed by atoms with van der Waals surface area (Å²) in [7, 11) is 3.17. The van der Waals surface area contributed by atoms with Crippen molar-refractivity contribution < 1.29 is 19.0 Å². The summed E-state index contributed by atoms with van der Waals surface area (Å²) in [6, 6.07) is 12.2. The zero-order valence-corrected chi connectivity index (χ0v) is 21.5. The van der Waals surface area contributed by atoms with Crippen LogP contribution in [-0.4, -0.2) is 31.4 Å². The van der Waals surface area contributed by atoms with E-state index in [-0.39, 0.29) is 12.2 Å². The fourth-order valence-electron chi connectivity index (χ4n) is 3.82. The van der Waals surface area contributed by atoms with Gasteiger partial charge in [0.2, 0.25) is 0 Å². The summed E-state index contributed by atoms with van der Waals surface area (Å²) in [5.41, 5.74) is 2.12. The van der Waals surface area contributed by atoms with E-state index in [1.807, 2.05) is 42.5 Å². The smallest absolute Gasteiger partial charge is 0.338 e. The molecule has 7 nitrogen and oxygen atoms in total. The number of nitrogens with zero attached hydrogens (tertiary/aromatic N) is 2. The molecule has 0 aliphatic carbocycles. The number of fused-ring (bicyclic) bond motifs is 1. The lowest BCUT2D eigenvalue weighted by Crippen LogP contribution is -2.39. The van der Waals surface area contributed by atoms with Gasteiger partial charge in [-0.3, -0.25) is 9.36 Å². The molecule has 34 heavy (non-hydrogen) atoms. The Bertz CT molecular complexity index is 1470. The topological polar surface area (TPSA) is 79.1 Å². The number of carbonyl (C=O) groups is 1. The van der Waals surface area contributed by atoms with Crippen LogP contribution in [0.25, 0.3) is 6.08 Å². The van der Waals surface area contributed by atoms with Crippen LogP contribution in [-0.2, 0) is 9.53 Å². The van der Waals surface area contributed by atoms with Crippen LogP contribution in [0.5, 0.6) is 11.5 Å². The van der Waals surface area contributed by atoms with Gasteiger partial charge < -0.3 is 14.2 Å². The molecule has 0 unspecified atom stereocenters. The fraction of sp³-hybridized carbons (Fsp3) is 0.240. The summed E-state index contributed by atoms with van der Waals surface area (Å²) in [4.78, 5) is 31.8. The Kier molecular flexibility index (Phi) is 7.04. The van der Waals surface area contributed by atoms with Crippen LogP contribution in [0, 0.1) is 0 Å². The van der Waals surface area contributed by atoms with Gasteiger partial charge in [0, 0.05) is 4.47 Å². The van der Waals surface area contributed by atoms with E-state index in [0.717, 1.165) is 15.6 Å². The third kappa shape index (κ3) is 4.45. The van der Waals surface area contributed by atoms with Crippen molar-refractivity contribution >= 4 is 39.3 Å². The molecule has 2 aromatic carbocycles. The minimum absolute atomic E-state index is 0.217. The lowest BCUT2D eigenvalue weighted by molar-refractivity contribution is -0.139. The molecule has 9 heteroatoms. The van der Waals surface area contributed by atoms with Gasteiger partial charge in [0.05, 0.1) is 42.7 Å². The van der Waals surface area contributed by atoms with Crippen molar-refractivity contribution in [2.24, 2.45) is 4.99 Å². The predicted octanol–water partition coefficient (Wildman–Crippen LogP) is 3.58. The van der Waals surface area contributed by atoms with Crippen LogP contribution in [0.2, 0.25) is 0 Å². The van der Waals surface area contributed by atoms with Gasteiger partial charge in [0.25, 0.3) is 5.56 Å². The maximum absolute atomic E-state index is 13.7. The molecule has 0 saturated heterocycles. The normalized spacial score (nSPS) is 15.6. The van der Waals surface area contributed by atoms with Crippen molar-refractivity contribution in [3.63, 3.8) is 0 Å². The number of thiazole rings is 1. The Balaban J connectivity index is 1.97. The zero-order chi connectivity index (χ0) is 24.4. The number of halogens is 1. The number of hydrogen-bond donors (Lipinski definition) is 0. The van der Waals surface area contributed by atoms with Crippen LogP contribution >= 0.6 is 27.3 Å². The Morgan fingerprint density at radius 1 is 1.18 bits per heavy atom. The molecule has 0 radical (unpaired) electrons. The van der Waals surface area contributed by atoms with Crippen LogP contribution in [0.1, 0.15) is 31.0 Å². The number of ether oxygens (including phenoxy) is 3. The first kappa shape index (κ1) is 24.0. The van der Waals surface area contributed by atoms with Gasteiger partial charge >= 0.3 is 5.97 Å². The van der Waals surface area contributed by atoms with Gasteiger partial charge in [0.15, 0.2) is 4.80 Å². The molecular weight excluding hydrogens is 520 g/mol. The molecule has 0 saturated carbocycles. The van der Waals surface area contributed by atoms with Gasteiger partial charge in [0.1, 0.15) is 11.5 Å². The minimum atomic E-state index is -0.693. The quantitative estimate of drug-likeness (QED) is 0.445. The molecule has 0 spiro atoms. The van der Waals surface area contributed by atoms with Crippen LogP contribution in [0.3, 0.4) is 0 Å². The molecule has 1 aromatic heterocycles. The fourth-order valence-corrected chi connectivity index (χ4v) is 5.22. The highest BCUT2D eigenvalue weighted by Crippen LogP contribution is 2.32. The summed E-state index contributed by atoms with van der Waals surface area (Å²) in [5, 5.41) is 0. The molecule has 1 atom stereocenters. The van der Waals surface area contributed by atoms with Crippen LogP contribution in [0.4, 0.5) is 0 Å². The van der Waals surface area contributed by atoms with E-state index in [1.54, 1.807) is 38.7 Å². The molecule has 0 bridgehead atoms. The third-order valence-corrected chi connectivity index (χ3v) is 7.12. The van der Waals surface area contributed by atoms with E-state index in [1.165, 1.54) is 11.3 Å². The Hall–Kier alpha value is -3.17. The van der Waals surface area contributed by atoms with Gasteiger partial charge in [-0.2, -0.15) is 0 Å². The third-order valence-electron chi connectivity index (χ3n) is 5.42. The molecule has 2 heterocycles. The van der Waals surface area contributed by atoms with E-state index in [2.05, 4.69) is 20.9 Å². The molecule has 0 fully saturated rings. The van der Waals surface area contributed by atoms with E-state index in [0.29, 0.717) is 32.1 Å². The maximum Gasteiger partial charge on any atom is 0.338 e. The van der Waals surface area contributed by atoms with E-state index < -0.39 is 12.0 Å². The number of hydrogen-bond acceptors (Lipinski definition) is 7. The number of benzene rings is 2. The monoisotopic (exact) mass is 542 g/mol. The lowest BCUT2D eigenvalue weighted by Gasteiger charge is -2.25. The van der Waals surface area contributed by atoms with Crippen molar-refractivity contribution in [2.75, 3.05) is 20.8 Å². The standard InChI is InChI=1S/C25H23BrN2O5S/c1-5-33-24(30)21-14(2)27-25-28(22(21)15-7-6-8-17(11-15)31-3)23(29)20(34-25)13-16-12-18(32-4)9-10-19(16)26/h6-13,22H,5H2,1-4H3/b20-13-/t22-/m0/s1. The first-order chi connectivity index (χ1) is 16.4. The molecule has 4 rings (SSSR count). The summed E-state index contributed by atoms with van der Waals surface area (Å²) in [5.74, 6) is 0.802. The van der Waals surface area contributed by atoms with Crippen LogP contribution < -0.4 is 24.4 Å². The number of rotatable bonds is 6. The lowest BCUT2D eigenvalue weighted by atomic mass is 9.95. The number of allylic oxidation sites excluding steroid dienone is 1. The van der Waals surface area contributed by atoms with E-state index in [4.69, 9.17) is 14.2 Å². The van der Waals surface area contributed by atoms with Crippen molar-refractivity contribution in [1.82, 2.24) is 4.57 Å². The van der Waals surface area contributed by atoms with Crippen LogP contribution in [0.15, 0.2) is 68.0 Å². The highest BCUT2D eigenvalue weighted by molar-refractivity contribution is 9.10. The molecule has 176 valence electrons. The number of esters is 1. The molecule has 1 aliphatic rings. The van der Waals surface area contributed by atoms with Gasteiger partial charge in [-0.05, 0) is 61.4 Å². The molecule has 1 aliphatic heterocycles. The van der Waals surface area contributed by atoms with Crippen molar-refractivity contribution in [3.05, 3.63) is 89.0 Å². The second-order valence-corrected chi connectivity index (χ2v) is 9.33. The molecule has 0 N–H and O–H groups in total. The van der Waals surface area contributed by atoms with Gasteiger partial charge in [-0.1, -0.05) is 39.4 Å². The molecule has 3 aromatic rings. The Morgan fingerprint density at radius 3 is 2.62 bits per heavy atom. The largest absolute Gasteiger partial charge is 0.497 e. The highest BCUT2D eigenvalue weighted by Gasteiger charge is 2.33. The minimum Gasteiger partial charge on any atom is -0.497 e. The number of aromatic nitrogens is 1. The van der Waals surface area contributed by atoms with E-state index >= 15 is 0 Å². The second kappa shape index (κ2) is 9.99. The second-order valence-electron chi connectivity index (χ2n) is 7.47. The Morgan fingerprint density at radius 2 is 1.91 bits per heavy atom. The molecular formula is C25H23BrN2O5S. The highest BCUT2D eigenvalue weighted by atomic mass is 79.9. The SMILES string of the molecule is CCOC(=O)C1=C(C)N=c2s/c(=C\c3cc(OC)ccc3Br)c(=O)n2[C@H]1c1cccc(OC)c1. The molecule has 0 amide bonds. The summed E-state index contributed by atoms with van der Waals surface area (Å²) in [6.45, 7) is 3.72. The van der Waals surface area contributed by atoms with Gasteiger partial charge in [-0.15, -0.1) is 0 Å². The van der Waals surface area contributed by atoms with E-state index in [9.17, 15) is 9.59 Å². The number of carbonyl (C=O) groups excluding carboxylic acids is 1. The van der Waals surface area contributed by atoms with Crippen molar-refractivity contribution in [3.8, 4) is 11.5 Å². The first-order valence-corrected chi connectivity index (χ1v) is 12.2. The number of methoxy groups -OCH3 is 2. The maximum atomic E-state index is 13.7. The zero-order valence-electron chi connectivity index (χ0n) is 19.1. The summed E-state index contributed by atoms with van der Waals surface area (Å²) in [6.07, 6.45) is 1.79. The van der Waals surface area contributed by atoms with Gasteiger partial charge in [-0.25, -0.2) is 9.79 Å². The average molecular weight is 543 g/mol. The predicted molar refractivity (Wildman–Crippen MR) is 134 cm³/mol. The average Bonchev–Trinajstić information content (AvgIpc) is 3.14. The first-order valence-electron chi connectivity index (χ1n) is 10.5. The van der Waals surface area contributed by atoms with Crippen molar-refractivity contribution in [1.29, 1.82) is 0 Å². The summed E-state index contributed by atoms with van der Waals surface area (Å²) >= 11 is 4.80. The Labute approximate surface area is 208 Å². The summed E-state index contributed by atoms with van der Waals surface area (Å²) < 4.78 is 18.9. The van der Waals surface area contributed by atoms with Crippen molar-refractivity contribution in [2.45, 2.75) is 19.9 Å².